The number of nitrogens with zero attached hydrogens (tertiary/aromatic N) is 2. The summed E-state index contributed by atoms with van der Waals surface area (Å²) in [5.74, 6) is 0.486. The van der Waals surface area contributed by atoms with Crippen LogP contribution in [0.1, 0.15) is 45.1 Å². The molecule has 2 aliphatic heterocycles. The lowest BCUT2D eigenvalue weighted by Crippen LogP contribution is -2.44. The molecule has 212 valence electrons. The van der Waals surface area contributed by atoms with Gasteiger partial charge in [0.25, 0.3) is 0 Å². The number of hydrogen-bond acceptors (Lipinski definition) is 5. The third-order valence-corrected chi connectivity index (χ3v) is 7.44. The highest BCUT2D eigenvalue weighted by molar-refractivity contribution is 5.82. The SMILES string of the molecule is CC(C)OC(=O)N1CCC(CCOc2ccc(-c3ccc(C[C@H](N)C(=O)N4CC[C@H](F)C4)c(F)c3)cc2)CC1. The van der Waals surface area contributed by atoms with Crippen LogP contribution in [-0.2, 0) is 16.0 Å². The summed E-state index contributed by atoms with van der Waals surface area (Å²) >= 11 is 0. The number of benzene rings is 2. The Hall–Kier alpha value is -3.20. The van der Waals surface area contributed by atoms with Crippen molar-refractivity contribution in [2.75, 3.05) is 32.8 Å². The van der Waals surface area contributed by atoms with Crippen molar-refractivity contribution in [3.05, 3.63) is 53.8 Å². The van der Waals surface area contributed by atoms with Crippen LogP contribution in [0.2, 0.25) is 0 Å². The predicted molar refractivity (Wildman–Crippen MR) is 146 cm³/mol. The molecule has 0 saturated carbocycles. The summed E-state index contributed by atoms with van der Waals surface area (Å²) in [6.07, 6.45) is 1.82. The summed E-state index contributed by atoms with van der Waals surface area (Å²) in [7, 11) is 0. The Kier molecular flexibility index (Phi) is 9.78. The molecule has 0 radical (unpaired) electrons. The molecule has 2 fully saturated rings. The molecule has 2 N–H and O–H groups in total. The molecule has 0 unspecified atom stereocenters. The fourth-order valence-corrected chi connectivity index (χ4v) is 5.14. The van der Waals surface area contributed by atoms with E-state index in [1.165, 1.54) is 11.0 Å². The normalized spacial score (nSPS) is 18.9. The number of nitrogens with two attached hydrogens (primary N) is 1. The number of rotatable bonds is 9. The Balaban J connectivity index is 1.22. The van der Waals surface area contributed by atoms with Gasteiger partial charge in [0.2, 0.25) is 5.91 Å². The highest BCUT2D eigenvalue weighted by Gasteiger charge is 2.29. The summed E-state index contributed by atoms with van der Waals surface area (Å²) in [6.45, 7) is 6.12. The van der Waals surface area contributed by atoms with Gasteiger partial charge in [-0.3, -0.25) is 4.79 Å². The van der Waals surface area contributed by atoms with Gasteiger partial charge < -0.3 is 25.0 Å². The van der Waals surface area contributed by atoms with Crippen LogP contribution in [0, 0.1) is 11.7 Å². The van der Waals surface area contributed by atoms with Crippen LogP contribution in [-0.4, -0.2) is 72.9 Å². The van der Waals surface area contributed by atoms with Crippen molar-refractivity contribution in [3.63, 3.8) is 0 Å². The molecule has 2 saturated heterocycles. The van der Waals surface area contributed by atoms with E-state index in [1.807, 2.05) is 44.2 Å². The number of carbonyl (C=O) groups is 2. The zero-order valence-electron chi connectivity index (χ0n) is 22.8. The van der Waals surface area contributed by atoms with Gasteiger partial charge in [0.15, 0.2) is 0 Å². The van der Waals surface area contributed by atoms with Crippen molar-refractivity contribution >= 4 is 12.0 Å². The third-order valence-electron chi connectivity index (χ3n) is 7.44. The van der Waals surface area contributed by atoms with Crippen molar-refractivity contribution in [2.24, 2.45) is 11.7 Å². The summed E-state index contributed by atoms with van der Waals surface area (Å²) in [6, 6.07) is 11.5. The second-order valence-electron chi connectivity index (χ2n) is 10.8. The monoisotopic (exact) mass is 543 g/mol. The summed E-state index contributed by atoms with van der Waals surface area (Å²) in [5, 5.41) is 0. The first kappa shape index (κ1) is 28.8. The topological polar surface area (TPSA) is 85.1 Å². The maximum Gasteiger partial charge on any atom is 0.410 e. The lowest BCUT2D eigenvalue weighted by molar-refractivity contribution is -0.131. The zero-order chi connectivity index (χ0) is 27.9. The molecule has 7 nitrogen and oxygen atoms in total. The maximum atomic E-state index is 14.9. The van der Waals surface area contributed by atoms with E-state index < -0.39 is 18.0 Å². The Morgan fingerprint density at radius 1 is 1.00 bits per heavy atom. The van der Waals surface area contributed by atoms with E-state index in [2.05, 4.69) is 0 Å². The van der Waals surface area contributed by atoms with Crippen molar-refractivity contribution in [1.29, 1.82) is 0 Å². The van der Waals surface area contributed by atoms with Crippen LogP contribution in [0.15, 0.2) is 42.5 Å². The average Bonchev–Trinajstić information content (AvgIpc) is 3.36. The molecule has 4 rings (SSSR count). The third kappa shape index (κ3) is 7.91. The van der Waals surface area contributed by atoms with E-state index in [0.717, 1.165) is 30.6 Å². The number of likely N-dealkylation sites (tertiary alicyclic amines) is 2. The van der Waals surface area contributed by atoms with Gasteiger partial charge >= 0.3 is 6.09 Å². The van der Waals surface area contributed by atoms with Gasteiger partial charge in [-0.05, 0) is 86.8 Å². The number of carbonyl (C=O) groups excluding carboxylic acids is 2. The molecule has 0 aliphatic carbocycles. The molecule has 9 heteroatoms. The Morgan fingerprint density at radius 3 is 2.28 bits per heavy atom. The van der Waals surface area contributed by atoms with Gasteiger partial charge in [-0.2, -0.15) is 0 Å². The van der Waals surface area contributed by atoms with Gasteiger partial charge in [-0.15, -0.1) is 0 Å². The van der Waals surface area contributed by atoms with Gasteiger partial charge in [-0.25, -0.2) is 13.6 Å². The summed E-state index contributed by atoms with van der Waals surface area (Å²) in [4.78, 5) is 27.7. The number of ether oxygens (including phenoxy) is 2. The smallest absolute Gasteiger partial charge is 0.410 e. The molecule has 2 aromatic rings. The molecule has 2 aliphatic rings. The molecule has 2 atom stereocenters. The number of piperidine rings is 1. The number of alkyl halides is 1. The van der Waals surface area contributed by atoms with Crippen molar-refractivity contribution in [3.8, 4) is 16.9 Å². The fraction of sp³-hybridized carbons (Fsp3) is 0.533. The minimum absolute atomic E-state index is 0.0591. The van der Waals surface area contributed by atoms with Crippen LogP contribution >= 0.6 is 0 Å². The van der Waals surface area contributed by atoms with Gasteiger partial charge in [0.05, 0.1) is 25.3 Å². The molecule has 2 amide bonds. The second-order valence-corrected chi connectivity index (χ2v) is 10.8. The predicted octanol–water partition coefficient (Wildman–Crippen LogP) is 4.96. The Bertz CT molecular complexity index is 1120. The zero-order valence-corrected chi connectivity index (χ0v) is 22.8. The summed E-state index contributed by atoms with van der Waals surface area (Å²) < 4.78 is 39.5. The lowest BCUT2D eigenvalue weighted by atomic mass is 9.94. The van der Waals surface area contributed by atoms with Crippen LogP contribution in [0.4, 0.5) is 13.6 Å². The number of hydrogen-bond donors (Lipinski definition) is 1. The molecule has 0 spiro atoms. The molecule has 2 heterocycles. The minimum Gasteiger partial charge on any atom is -0.494 e. The van der Waals surface area contributed by atoms with E-state index in [-0.39, 0.29) is 31.1 Å². The number of halogens is 2. The minimum atomic E-state index is -1.01. The largest absolute Gasteiger partial charge is 0.494 e. The van der Waals surface area contributed by atoms with Crippen molar-refractivity contribution in [1.82, 2.24) is 9.80 Å². The average molecular weight is 544 g/mol. The highest BCUT2D eigenvalue weighted by Crippen LogP contribution is 2.26. The molecule has 0 aromatic heterocycles. The van der Waals surface area contributed by atoms with Crippen LogP contribution in [0.25, 0.3) is 11.1 Å². The standard InChI is InChI=1S/C30H39F2N3O4/c1-20(2)39-30(37)34-13-9-21(10-14-34)12-16-38-26-7-5-22(6-8-26)23-3-4-24(27(32)17-23)18-28(33)29(36)35-15-11-25(31)19-35/h3-8,17,20-21,25,28H,9-16,18-19,33H2,1-2H3/t25-,28-/m0/s1. The molecular weight excluding hydrogens is 504 g/mol. The van der Waals surface area contributed by atoms with Crippen LogP contribution in [0.5, 0.6) is 5.75 Å². The van der Waals surface area contributed by atoms with E-state index in [0.29, 0.717) is 49.7 Å². The van der Waals surface area contributed by atoms with Crippen LogP contribution in [0.3, 0.4) is 0 Å². The summed E-state index contributed by atoms with van der Waals surface area (Å²) in [5.41, 5.74) is 7.94. The lowest BCUT2D eigenvalue weighted by Gasteiger charge is -2.31. The van der Waals surface area contributed by atoms with E-state index in [1.54, 1.807) is 11.0 Å². The Labute approximate surface area is 229 Å². The molecule has 0 bridgehead atoms. The van der Waals surface area contributed by atoms with E-state index >= 15 is 0 Å². The van der Waals surface area contributed by atoms with E-state index in [9.17, 15) is 18.4 Å². The maximum absolute atomic E-state index is 14.9. The molecule has 2 aromatic carbocycles. The fourth-order valence-electron chi connectivity index (χ4n) is 5.14. The highest BCUT2D eigenvalue weighted by atomic mass is 19.1. The number of amides is 2. The first-order chi connectivity index (χ1) is 18.7. The molecular formula is C30H39F2N3O4. The van der Waals surface area contributed by atoms with Crippen LogP contribution < -0.4 is 10.5 Å². The quantitative estimate of drug-likeness (QED) is 0.483. The van der Waals surface area contributed by atoms with Gasteiger partial charge in [-0.1, -0.05) is 24.3 Å². The van der Waals surface area contributed by atoms with E-state index in [4.69, 9.17) is 15.2 Å². The van der Waals surface area contributed by atoms with Crippen molar-refractivity contribution < 1.29 is 27.8 Å². The van der Waals surface area contributed by atoms with Gasteiger partial charge in [0.1, 0.15) is 17.7 Å². The molecule has 39 heavy (non-hydrogen) atoms. The van der Waals surface area contributed by atoms with Gasteiger partial charge in [0, 0.05) is 19.6 Å². The first-order valence-electron chi connectivity index (χ1n) is 13.8. The van der Waals surface area contributed by atoms with Crippen molar-refractivity contribution in [2.45, 2.75) is 64.3 Å². The first-order valence-corrected chi connectivity index (χ1v) is 13.8. The second kappa shape index (κ2) is 13.2. The Morgan fingerprint density at radius 2 is 1.67 bits per heavy atom.